The molecule has 2 rings (SSSR count). The number of carboxylic acid groups (broad SMARTS) is 1. The number of primary sulfonamides is 1. The molecule has 0 unspecified atom stereocenters. The Morgan fingerprint density at radius 3 is 2.53 bits per heavy atom. The first-order valence-electron chi connectivity index (χ1n) is 4.59. The third-order valence-electron chi connectivity index (χ3n) is 2.16. The van der Waals surface area contributed by atoms with E-state index < -0.39 is 16.0 Å². The summed E-state index contributed by atoms with van der Waals surface area (Å²) in [6.45, 7) is 0.405. The summed E-state index contributed by atoms with van der Waals surface area (Å²) in [6.07, 6.45) is 0. The Labute approximate surface area is 96.8 Å². The van der Waals surface area contributed by atoms with Gasteiger partial charge in [0.15, 0.2) is 11.5 Å². The van der Waals surface area contributed by atoms with Gasteiger partial charge in [-0.1, -0.05) is 0 Å². The van der Waals surface area contributed by atoms with Crippen molar-refractivity contribution in [2.45, 2.75) is 4.90 Å². The van der Waals surface area contributed by atoms with Crippen LogP contribution in [0.1, 0.15) is 10.4 Å². The Kier molecular flexibility index (Phi) is 2.68. The molecule has 7 nitrogen and oxygen atoms in total. The Morgan fingerprint density at radius 2 is 1.94 bits per heavy atom. The Bertz CT molecular complexity index is 579. The van der Waals surface area contributed by atoms with Crippen LogP contribution in [0.5, 0.6) is 11.5 Å². The summed E-state index contributed by atoms with van der Waals surface area (Å²) < 4.78 is 32.9. The Hall–Kier alpha value is -1.80. The van der Waals surface area contributed by atoms with Crippen molar-refractivity contribution in [3.05, 3.63) is 17.7 Å². The molecule has 0 amide bonds. The molecule has 0 fully saturated rings. The fourth-order valence-electron chi connectivity index (χ4n) is 1.46. The van der Waals surface area contributed by atoms with Gasteiger partial charge >= 0.3 is 5.97 Å². The minimum Gasteiger partial charge on any atom is -0.486 e. The maximum Gasteiger partial charge on any atom is 0.335 e. The van der Waals surface area contributed by atoms with Crippen molar-refractivity contribution in [2.24, 2.45) is 5.14 Å². The second-order valence-electron chi connectivity index (χ2n) is 3.35. The smallest absolute Gasteiger partial charge is 0.335 e. The van der Waals surface area contributed by atoms with E-state index in [4.69, 9.17) is 19.7 Å². The first-order valence-corrected chi connectivity index (χ1v) is 6.14. The molecule has 0 bridgehead atoms. The van der Waals surface area contributed by atoms with Crippen molar-refractivity contribution in [1.29, 1.82) is 0 Å². The minimum atomic E-state index is -4.07. The maximum absolute atomic E-state index is 11.3. The third kappa shape index (κ3) is 2.17. The van der Waals surface area contributed by atoms with Crippen molar-refractivity contribution < 1.29 is 27.8 Å². The number of carboxylic acids is 1. The molecule has 1 heterocycles. The van der Waals surface area contributed by atoms with Crippen LogP contribution in [-0.2, 0) is 10.0 Å². The lowest BCUT2D eigenvalue weighted by atomic mass is 10.2. The van der Waals surface area contributed by atoms with Gasteiger partial charge in [0.05, 0.1) is 5.56 Å². The van der Waals surface area contributed by atoms with Gasteiger partial charge in [0, 0.05) is 0 Å². The summed E-state index contributed by atoms with van der Waals surface area (Å²) in [5.74, 6) is -1.24. The molecule has 8 heteroatoms. The Balaban J connectivity index is 2.71. The topological polar surface area (TPSA) is 116 Å². The predicted octanol–water partition coefficient (Wildman–Crippen LogP) is -0.197. The molecule has 1 aliphatic rings. The molecule has 3 N–H and O–H groups in total. The summed E-state index contributed by atoms with van der Waals surface area (Å²) in [6, 6.07) is 2.15. The molecule has 1 aromatic carbocycles. The predicted molar refractivity (Wildman–Crippen MR) is 55.8 cm³/mol. The highest BCUT2D eigenvalue weighted by atomic mass is 32.2. The number of hydrogen-bond acceptors (Lipinski definition) is 5. The van der Waals surface area contributed by atoms with Crippen molar-refractivity contribution in [2.75, 3.05) is 13.2 Å². The molecule has 0 atom stereocenters. The van der Waals surface area contributed by atoms with E-state index in [1.165, 1.54) is 6.07 Å². The van der Waals surface area contributed by atoms with E-state index in [0.717, 1.165) is 6.07 Å². The lowest BCUT2D eigenvalue weighted by Gasteiger charge is -2.20. The SMILES string of the molecule is NS(=O)(=O)c1cc(C(=O)O)cc2c1OCCO2. The first-order chi connectivity index (χ1) is 7.89. The zero-order chi connectivity index (χ0) is 12.6. The fraction of sp³-hybridized carbons (Fsp3) is 0.222. The van der Waals surface area contributed by atoms with E-state index in [1.807, 2.05) is 0 Å². The highest BCUT2D eigenvalue weighted by Gasteiger charge is 2.25. The monoisotopic (exact) mass is 259 g/mol. The number of benzene rings is 1. The molecule has 0 aliphatic carbocycles. The molecule has 0 spiro atoms. The zero-order valence-corrected chi connectivity index (χ0v) is 9.36. The second-order valence-corrected chi connectivity index (χ2v) is 4.88. The summed E-state index contributed by atoms with van der Waals surface area (Å²) in [4.78, 5) is 10.5. The van der Waals surface area contributed by atoms with Gasteiger partial charge in [0.25, 0.3) is 0 Å². The average molecular weight is 259 g/mol. The standard InChI is InChI=1S/C9H9NO6S/c10-17(13,14)7-4-5(9(11)12)3-6-8(7)16-2-1-15-6/h3-4H,1-2H2,(H,11,12)(H2,10,13,14). The number of nitrogens with two attached hydrogens (primary N) is 1. The molecule has 17 heavy (non-hydrogen) atoms. The second kappa shape index (κ2) is 3.90. The van der Waals surface area contributed by atoms with Crippen LogP contribution in [0.2, 0.25) is 0 Å². The van der Waals surface area contributed by atoms with E-state index in [0.29, 0.717) is 0 Å². The summed E-state index contributed by atoms with van der Waals surface area (Å²) in [5, 5.41) is 13.8. The van der Waals surface area contributed by atoms with E-state index in [-0.39, 0.29) is 35.2 Å². The lowest BCUT2D eigenvalue weighted by Crippen LogP contribution is -2.21. The quantitative estimate of drug-likeness (QED) is 0.760. The number of sulfonamides is 1. The zero-order valence-electron chi connectivity index (χ0n) is 8.54. The Morgan fingerprint density at radius 1 is 1.29 bits per heavy atom. The highest BCUT2D eigenvalue weighted by molar-refractivity contribution is 7.89. The summed E-state index contributed by atoms with van der Waals surface area (Å²) in [7, 11) is -4.07. The van der Waals surface area contributed by atoms with Crippen molar-refractivity contribution in [3.63, 3.8) is 0 Å². The highest BCUT2D eigenvalue weighted by Crippen LogP contribution is 2.37. The molecule has 1 aliphatic heterocycles. The van der Waals surface area contributed by atoms with Crippen LogP contribution < -0.4 is 14.6 Å². The van der Waals surface area contributed by atoms with Crippen molar-refractivity contribution in [1.82, 2.24) is 0 Å². The lowest BCUT2D eigenvalue weighted by molar-refractivity contribution is 0.0695. The third-order valence-corrected chi connectivity index (χ3v) is 3.08. The van der Waals surface area contributed by atoms with Crippen LogP contribution in [0.3, 0.4) is 0 Å². The van der Waals surface area contributed by atoms with Crippen LogP contribution in [0.25, 0.3) is 0 Å². The van der Waals surface area contributed by atoms with Crippen LogP contribution >= 0.6 is 0 Å². The average Bonchev–Trinajstić information content (AvgIpc) is 2.26. The van der Waals surface area contributed by atoms with Crippen LogP contribution in [0.15, 0.2) is 17.0 Å². The molecule has 92 valence electrons. The van der Waals surface area contributed by atoms with Crippen LogP contribution in [-0.4, -0.2) is 32.7 Å². The van der Waals surface area contributed by atoms with E-state index in [1.54, 1.807) is 0 Å². The van der Waals surface area contributed by atoms with Gasteiger partial charge in [0.1, 0.15) is 18.1 Å². The van der Waals surface area contributed by atoms with E-state index in [2.05, 4.69) is 0 Å². The van der Waals surface area contributed by atoms with Crippen molar-refractivity contribution in [3.8, 4) is 11.5 Å². The number of rotatable bonds is 2. The van der Waals surface area contributed by atoms with Crippen molar-refractivity contribution >= 4 is 16.0 Å². The summed E-state index contributed by atoms with van der Waals surface area (Å²) >= 11 is 0. The fourth-order valence-corrected chi connectivity index (χ4v) is 2.17. The van der Waals surface area contributed by atoms with Gasteiger partial charge in [-0.25, -0.2) is 18.4 Å². The number of aromatic carboxylic acids is 1. The van der Waals surface area contributed by atoms with Crippen LogP contribution in [0.4, 0.5) is 0 Å². The molecule has 0 saturated heterocycles. The number of hydrogen-bond donors (Lipinski definition) is 2. The summed E-state index contributed by atoms with van der Waals surface area (Å²) in [5.41, 5.74) is -0.224. The van der Waals surface area contributed by atoms with Gasteiger partial charge < -0.3 is 14.6 Å². The number of fused-ring (bicyclic) bond motifs is 1. The van der Waals surface area contributed by atoms with Crippen LogP contribution in [0, 0.1) is 0 Å². The minimum absolute atomic E-state index is 0.0382. The molecule has 0 aromatic heterocycles. The van der Waals surface area contributed by atoms with E-state index >= 15 is 0 Å². The van der Waals surface area contributed by atoms with Gasteiger partial charge in [0.2, 0.25) is 10.0 Å². The van der Waals surface area contributed by atoms with E-state index in [9.17, 15) is 13.2 Å². The molecule has 1 aromatic rings. The number of carbonyl (C=O) groups is 1. The normalized spacial score (nSPS) is 14.4. The number of ether oxygens (including phenoxy) is 2. The van der Waals surface area contributed by atoms with Gasteiger partial charge in [-0.05, 0) is 12.1 Å². The van der Waals surface area contributed by atoms with Gasteiger partial charge in [-0.3, -0.25) is 0 Å². The first kappa shape index (κ1) is 11.7. The maximum atomic E-state index is 11.3. The largest absolute Gasteiger partial charge is 0.486 e. The molecule has 0 radical (unpaired) electrons. The van der Waals surface area contributed by atoms with Gasteiger partial charge in [-0.15, -0.1) is 0 Å². The molecular weight excluding hydrogens is 250 g/mol. The molecule has 0 saturated carbocycles. The molecular formula is C9H9NO6S. The van der Waals surface area contributed by atoms with Gasteiger partial charge in [-0.2, -0.15) is 0 Å².